The van der Waals surface area contributed by atoms with Gasteiger partial charge in [-0.15, -0.1) is 0 Å². The molecule has 1 aromatic heterocycles. The molecule has 0 radical (unpaired) electrons. The SMILES string of the molecule is COc1c(O)c(O)c(-n2nc(C(N)=O)c3c2C(=O)N(c2c(O)c(O)c(N4C(=O)CCCC4(O)O)c(O)c2O)CC3)c(O)c1O. The number of aromatic hydroxyl groups is 8. The third kappa shape index (κ3) is 3.97. The summed E-state index contributed by atoms with van der Waals surface area (Å²) >= 11 is 0. The number of nitrogens with zero attached hydrogens (tertiary/aromatic N) is 4. The highest BCUT2D eigenvalue weighted by molar-refractivity contribution is 6.12. The van der Waals surface area contributed by atoms with Gasteiger partial charge in [0.1, 0.15) is 17.1 Å². The molecule has 2 aliphatic rings. The van der Waals surface area contributed by atoms with Gasteiger partial charge in [-0.3, -0.25) is 24.2 Å². The first kappa shape index (κ1) is 29.7. The van der Waals surface area contributed by atoms with Crippen molar-refractivity contribution in [3.63, 3.8) is 0 Å². The van der Waals surface area contributed by atoms with E-state index in [1.165, 1.54) is 0 Å². The fraction of sp³-hybridized carbons (Fsp3) is 0.280. The summed E-state index contributed by atoms with van der Waals surface area (Å²) in [6.45, 7) is -0.485. The number of aromatic nitrogens is 2. The number of hydrogen-bond acceptors (Lipinski definition) is 15. The summed E-state index contributed by atoms with van der Waals surface area (Å²) in [5.41, 5.74) is 1.13. The number of carbonyl (C=O) groups is 3. The maximum absolute atomic E-state index is 13.9. The Bertz CT molecular complexity index is 1720. The zero-order valence-corrected chi connectivity index (χ0v) is 22.5. The maximum atomic E-state index is 13.9. The first-order valence-corrected chi connectivity index (χ1v) is 12.6. The predicted molar refractivity (Wildman–Crippen MR) is 142 cm³/mol. The van der Waals surface area contributed by atoms with Crippen LogP contribution in [0.4, 0.5) is 11.4 Å². The molecular formula is C25H25N5O14. The van der Waals surface area contributed by atoms with Gasteiger partial charge < -0.3 is 61.5 Å². The van der Waals surface area contributed by atoms with E-state index in [0.717, 1.165) is 7.11 Å². The molecule has 2 aliphatic heterocycles. The summed E-state index contributed by atoms with van der Waals surface area (Å²) in [5.74, 6) is -16.9. The third-order valence-electron chi connectivity index (χ3n) is 7.34. The third-order valence-corrected chi connectivity index (χ3v) is 7.34. The number of methoxy groups -OCH3 is 1. The highest BCUT2D eigenvalue weighted by Crippen LogP contribution is 2.58. The number of nitrogens with two attached hydrogens (primary N) is 1. The molecule has 0 aliphatic carbocycles. The van der Waals surface area contributed by atoms with Crippen molar-refractivity contribution in [1.82, 2.24) is 9.78 Å². The van der Waals surface area contributed by atoms with Crippen LogP contribution >= 0.6 is 0 Å². The number of phenolic OH excluding ortho intramolecular Hbond substituents is 8. The van der Waals surface area contributed by atoms with Gasteiger partial charge in [-0.2, -0.15) is 5.10 Å². The van der Waals surface area contributed by atoms with E-state index in [2.05, 4.69) is 5.10 Å². The van der Waals surface area contributed by atoms with E-state index in [9.17, 15) is 65.4 Å². The largest absolute Gasteiger partial charge is 0.503 e. The van der Waals surface area contributed by atoms with Crippen molar-refractivity contribution < 1.29 is 70.2 Å². The average molecular weight is 619 g/mol. The Morgan fingerprint density at radius 3 is 1.84 bits per heavy atom. The van der Waals surface area contributed by atoms with Crippen LogP contribution in [0.2, 0.25) is 0 Å². The highest BCUT2D eigenvalue weighted by atomic mass is 16.5. The minimum Gasteiger partial charge on any atom is -0.503 e. The maximum Gasteiger partial charge on any atom is 0.277 e. The Morgan fingerprint density at radius 2 is 1.34 bits per heavy atom. The predicted octanol–water partition coefficient (Wildman–Crippen LogP) is -1.02. The van der Waals surface area contributed by atoms with Crippen molar-refractivity contribution in [3.8, 4) is 57.4 Å². The molecule has 3 aromatic rings. The summed E-state index contributed by atoms with van der Waals surface area (Å²) in [4.78, 5) is 39.4. The Balaban J connectivity index is 1.72. The van der Waals surface area contributed by atoms with Crippen molar-refractivity contribution >= 4 is 29.1 Å². The zero-order chi connectivity index (χ0) is 32.6. The average Bonchev–Trinajstić information content (AvgIpc) is 3.34. The number of amides is 3. The Kier molecular flexibility index (Phi) is 6.66. The van der Waals surface area contributed by atoms with Crippen LogP contribution in [0.3, 0.4) is 0 Å². The van der Waals surface area contributed by atoms with Crippen LogP contribution in [0.5, 0.6) is 51.7 Å². The van der Waals surface area contributed by atoms with Gasteiger partial charge >= 0.3 is 0 Å². The minimum atomic E-state index is -2.93. The van der Waals surface area contributed by atoms with Crippen molar-refractivity contribution in [3.05, 3.63) is 17.0 Å². The lowest BCUT2D eigenvalue weighted by Crippen LogP contribution is -2.55. The van der Waals surface area contributed by atoms with E-state index in [4.69, 9.17) is 10.5 Å². The van der Waals surface area contributed by atoms with Crippen molar-refractivity contribution in [2.24, 2.45) is 5.73 Å². The number of carbonyl (C=O) groups excluding carboxylic acids is 3. The van der Waals surface area contributed by atoms with E-state index in [1.54, 1.807) is 0 Å². The van der Waals surface area contributed by atoms with Crippen molar-refractivity contribution in [1.29, 1.82) is 0 Å². The molecule has 0 spiro atoms. The molecule has 0 atom stereocenters. The number of hydrogen-bond donors (Lipinski definition) is 11. The number of fused-ring (bicyclic) bond motifs is 1. The van der Waals surface area contributed by atoms with Gasteiger partial charge in [-0.25, -0.2) is 4.68 Å². The van der Waals surface area contributed by atoms with E-state index in [1.807, 2.05) is 0 Å². The monoisotopic (exact) mass is 619 g/mol. The summed E-state index contributed by atoms with van der Waals surface area (Å²) in [6.07, 6.45) is -0.962. The van der Waals surface area contributed by atoms with Crippen LogP contribution in [0.1, 0.15) is 45.8 Å². The van der Waals surface area contributed by atoms with Crippen LogP contribution in [-0.4, -0.2) is 98.1 Å². The van der Waals surface area contributed by atoms with Crippen LogP contribution in [0.15, 0.2) is 0 Å². The number of rotatable bonds is 5. The van der Waals surface area contributed by atoms with Gasteiger partial charge in [0.2, 0.25) is 23.2 Å². The summed E-state index contributed by atoms with van der Waals surface area (Å²) in [7, 11) is 0.993. The molecule has 12 N–H and O–H groups in total. The van der Waals surface area contributed by atoms with Gasteiger partial charge in [-0.1, -0.05) is 0 Å². The number of phenols is 8. The number of primary amides is 1. The topological polar surface area (TPSA) is 313 Å². The van der Waals surface area contributed by atoms with Gasteiger partial charge in [0, 0.05) is 24.9 Å². The normalized spacial score (nSPS) is 16.2. The fourth-order valence-corrected chi connectivity index (χ4v) is 5.33. The van der Waals surface area contributed by atoms with Crippen LogP contribution in [-0.2, 0) is 11.2 Å². The molecular weight excluding hydrogens is 594 g/mol. The summed E-state index contributed by atoms with van der Waals surface area (Å²) in [6, 6.07) is 0. The number of ether oxygens (including phenoxy) is 1. The number of aliphatic hydroxyl groups is 2. The number of piperidine rings is 1. The number of benzene rings is 2. The second-order valence-electron chi connectivity index (χ2n) is 9.88. The zero-order valence-electron chi connectivity index (χ0n) is 22.5. The Labute approximate surface area is 244 Å². The molecule has 3 amide bonds. The van der Waals surface area contributed by atoms with Crippen molar-refractivity contribution in [2.75, 3.05) is 23.5 Å². The molecule has 0 bridgehead atoms. The highest BCUT2D eigenvalue weighted by Gasteiger charge is 2.46. The van der Waals surface area contributed by atoms with Gasteiger partial charge in [0.25, 0.3) is 17.7 Å². The lowest BCUT2D eigenvalue weighted by molar-refractivity contribution is -0.181. The van der Waals surface area contributed by atoms with Crippen LogP contribution in [0, 0.1) is 0 Å². The Hall–Kier alpha value is -5.82. The first-order chi connectivity index (χ1) is 20.6. The molecule has 2 aromatic carbocycles. The molecule has 0 saturated carbocycles. The number of anilines is 2. The van der Waals surface area contributed by atoms with E-state index < -0.39 is 117 Å². The summed E-state index contributed by atoms with van der Waals surface area (Å²) in [5, 5.41) is 110. The molecule has 1 saturated heterocycles. The molecule has 19 heteroatoms. The first-order valence-electron chi connectivity index (χ1n) is 12.6. The van der Waals surface area contributed by atoms with Crippen LogP contribution in [0.25, 0.3) is 5.69 Å². The van der Waals surface area contributed by atoms with Gasteiger partial charge in [0.15, 0.2) is 45.9 Å². The Morgan fingerprint density at radius 1 is 0.818 bits per heavy atom. The van der Waals surface area contributed by atoms with Crippen molar-refractivity contribution in [2.45, 2.75) is 31.6 Å². The smallest absolute Gasteiger partial charge is 0.277 e. The van der Waals surface area contributed by atoms with E-state index in [-0.39, 0.29) is 29.7 Å². The van der Waals surface area contributed by atoms with E-state index in [0.29, 0.717) is 9.58 Å². The molecule has 234 valence electrons. The van der Waals surface area contributed by atoms with Crippen LogP contribution < -0.4 is 20.3 Å². The second kappa shape index (κ2) is 9.88. The summed E-state index contributed by atoms with van der Waals surface area (Å²) < 4.78 is 5.20. The lowest BCUT2D eigenvalue weighted by atomic mass is 10.0. The van der Waals surface area contributed by atoms with Gasteiger partial charge in [0.05, 0.1) is 7.11 Å². The second-order valence-corrected chi connectivity index (χ2v) is 9.88. The lowest BCUT2D eigenvalue weighted by Gasteiger charge is -2.39. The molecule has 0 unspecified atom stereocenters. The van der Waals surface area contributed by atoms with E-state index >= 15 is 0 Å². The molecule has 5 rings (SSSR count). The molecule has 1 fully saturated rings. The molecule has 44 heavy (non-hydrogen) atoms. The van der Waals surface area contributed by atoms with Gasteiger partial charge in [-0.05, 0) is 12.8 Å². The molecule has 19 nitrogen and oxygen atoms in total. The quantitative estimate of drug-likeness (QED) is 0.0925. The fourth-order valence-electron chi connectivity index (χ4n) is 5.33. The molecule has 3 heterocycles. The standard InChI is InChI=1S/C25H25N5O14/c1-44-22-20(38)18(36)13(19(37)21(22)39)30-10-7(9(27-30)23(26)40)4-6-28(24(10)41)11-14(32)16(34)12(17(35)15(11)33)29-8(31)3-2-5-25(29,42)43/h32-39,42-43H,2-6H2,1H3,(H2,26,40). The minimum absolute atomic E-state index is 0.0281.